The number of carbonyl (C=O) groups excluding carboxylic acids is 1. The minimum atomic E-state index is -0.850. The summed E-state index contributed by atoms with van der Waals surface area (Å²) in [6, 6.07) is 0. The van der Waals surface area contributed by atoms with Gasteiger partial charge in [0.15, 0.2) is 0 Å². The zero-order valence-corrected chi connectivity index (χ0v) is 11.9. The molecule has 0 aromatic rings. The van der Waals surface area contributed by atoms with Gasteiger partial charge in [-0.3, -0.25) is 9.59 Å². The Balaban J connectivity index is 2.54. The standard InChI is InChI=1S/C14H25NO4/c1-3-7-11(12(16)17)10-15-13(18)14(19-2)8-5-4-6-9-14/h11H,3-10H2,1-2H3,(H,15,18)(H,16,17). The predicted octanol–water partition coefficient (Wildman–Crippen LogP) is 1.95. The van der Waals surface area contributed by atoms with E-state index in [0.29, 0.717) is 6.42 Å². The number of aliphatic carboxylic acids is 1. The molecule has 110 valence electrons. The van der Waals surface area contributed by atoms with Crippen LogP contribution in [0.25, 0.3) is 0 Å². The molecule has 1 amide bonds. The fourth-order valence-corrected chi connectivity index (χ4v) is 2.69. The lowest BCUT2D eigenvalue weighted by molar-refractivity contribution is -0.148. The summed E-state index contributed by atoms with van der Waals surface area (Å²) >= 11 is 0. The normalized spacial score (nSPS) is 19.7. The van der Waals surface area contributed by atoms with Crippen LogP contribution in [-0.4, -0.2) is 36.2 Å². The lowest BCUT2D eigenvalue weighted by Crippen LogP contribution is -2.51. The van der Waals surface area contributed by atoms with Crippen LogP contribution >= 0.6 is 0 Å². The van der Waals surface area contributed by atoms with E-state index in [-0.39, 0.29) is 12.5 Å². The number of nitrogens with one attached hydrogen (secondary N) is 1. The molecule has 1 fully saturated rings. The second-order valence-corrected chi connectivity index (χ2v) is 5.29. The van der Waals surface area contributed by atoms with E-state index in [1.54, 1.807) is 7.11 Å². The second kappa shape index (κ2) is 7.48. The van der Waals surface area contributed by atoms with E-state index in [2.05, 4.69) is 5.32 Å². The van der Waals surface area contributed by atoms with Crippen molar-refractivity contribution in [3.63, 3.8) is 0 Å². The Morgan fingerprint density at radius 2 is 1.95 bits per heavy atom. The first-order chi connectivity index (χ1) is 9.05. The van der Waals surface area contributed by atoms with Gasteiger partial charge in [-0.05, 0) is 19.3 Å². The Morgan fingerprint density at radius 1 is 1.32 bits per heavy atom. The molecule has 19 heavy (non-hydrogen) atoms. The van der Waals surface area contributed by atoms with Crippen LogP contribution in [0.2, 0.25) is 0 Å². The third kappa shape index (κ3) is 4.20. The summed E-state index contributed by atoms with van der Waals surface area (Å²) in [6.07, 6.45) is 5.92. The average molecular weight is 271 g/mol. The summed E-state index contributed by atoms with van der Waals surface area (Å²) in [5, 5.41) is 11.8. The molecule has 0 aliphatic heterocycles. The van der Waals surface area contributed by atoms with E-state index >= 15 is 0 Å². The van der Waals surface area contributed by atoms with Crippen LogP contribution in [0.5, 0.6) is 0 Å². The minimum Gasteiger partial charge on any atom is -0.481 e. The van der Waals surface area contributed by atoms with Crippen LogP contribution < -0.4 is 5.32 Å². The van der Waals surface area contributed by atoms with Gasteiger partial charge in [0, 0.05) is 13.7 Å². The number of hydrogen-bond donors (Lipinski definition) is 2. The molecule has 0 saturated heterocycles. The molecule has 1 unspecified atom stereocenters. The molecule has 1 rings (SSSR count). The predicted molar refractivity (Wildman–Crippen MR) is 71.9 cm³/mol. The molecule has 1 aliphatic rings. The number of methoxy groups -OCH3 is 1. The Labute approximate surface area is 114 Å². The van der Waals surface area contributed by atoms with Gasteiger partial charge in [0.2, 0.25) is 0 Å². The maximum atomic E-state index is 12.3. The van der Waals surface area contributed by atoms with Crippen LogP contribution in [0.15, 0.2) is 0 Å². The van der Waals surface area contributed by atoms with Gasteiger partial charge in [0.25, 0.3) is 5.91 Å². The van der Waals surface area contributed by atoms with Crippen LogP contribution in [0, 0.1) is 5.92 Å². The molecule has 1 aliphatic carbocycles. The number of hydrogen-bond acceptors (Lipinski definition) is 3. The molecule has 0 radical (unpaired) electrons. The van der Waals surface area contributed by atoms with E-state index in [1.165, 1.54) is 0 Å². The van der Waals surface area contributed by atoms with Gasteiger partial charge in [-0.2, -0.15) is 0 Å². The number of carboxylic acid groups (broad SMARTS) is 1. The summed E-state index contributed by atoms with van der Waals surface area (Å²) < 4.78 is 5.43. The maximum Gasteiger partial charge on any atom is 0.308 e. The topological polar surface area (TPSA) is 75.6 Å². The Morgan fingerprint density at radius 3 is 2.42 bits per heavy atom. The highest BCUT2D eigenvalue weighted by Crippen LogP contribution is 2.31. The zero-order valence-electron chi connectivity index (χ0n) is 11.9. The molecule has 5 nitrogen and oxygen atoms in total. The Kier molecular flexibility index (Phi) is 6.28. The molecule has 0 bridgehead atoms. The highest BCUT2D eigenvalue weighted by molar-refractivity contribution is 5.85. The van der Waals surface area contributed by atoms with Crippen molar-refractivity contribution >= 4 is 11.9 Å². The third-order valence-corrected chi connectivity index (χ3v) is 3.96. The molecule has 0 spiro atoms. The van der Waals surface area contributed by atoms with Gasteiger partial charge in [0.05, 0.1) is 5.92 Å². The van der Waals surface area contributed by atoms with Crippen LogP contribution in [0.1, 0.15) is 51.9 Å². The van der Waals surface area contributed by atoms with Crippen LogP contribution in [0.3, 0.4) is 0 Å². The van der Waals surface area contributed by atoms with Crippen molar-refractivity contribution in [1.29, 1.82) is 0 Å². The number of carbonyl (C=O) groups is 2. The Bertz CT molecular complexity index is 311. The summed E-state index contributed by atoms with van der Waals surface area (Å²) in [5.41, 5.74) is -0.743. The summed E-state index contributed by atoms with van der Waals surface area (Å²) in [6.45, 7) is 2.13. The Hall–Kier alpha value is -1.10. The molecule has 0 aromatic carbocycles. The van der Waals surface area contributed by atoms with E-state index in [1.807, 2.05) is 6.92 Å². The maximum absolute atomic E-state index is 12.3. The van der Waals surface area contributed by atoms with Crippen molar-refractivity contribution in [1.82, 2.24) is 5.32 Å². The lowest BCUT2D eigenvalue weighted by atomic mass is 9.83. The summed E-state index contributed by atoms with van der Waals surface area (Å²) in [7, 11) is 1.56. The lowest BCUT2D eigenvalue weighted by Gasteiger charge is -2.34. The first-order valence-electron chi connectivity index (χ1n) is 7.12. The van der Waals surface area contributed by atoms with Gasteiger partial charge in [-0.25, -0.2) is 0 Å². The van der Waals surface area contributed by atoms with E-state index < -0.39 is 17.5 Å². The van der Waals surface area contributed by atoms with Gasteiger partial charge in [0.1, 0.15) is 5.60 Å². The first kappa shape index (κ1) is 16.0. The summed E-state index contributed by atoms with van der Waals surface area (Å²) in [4.78, 5) is 23.3. The van der Waals surface area contributed by atoms with Crippen LogP contribution in [-0.2, 0) is 14.3 Å². The van der Waals surface area contributed by atoms with Gasteiger partial charge < -0.3 is 15.2 Å². The van der Waals surface area contributed by atoms with E-state index in [0.717, 1.165) is 38.5 Å². The monoisotopic (exact) mass is 271 g/mol. The molecular formula is C14H25NO4. The SMILES string of the molecule is CCCC(CNC(=O)C1(OC)CCCCC1)C(=O)O. The van der Waals surface area contributed by atoms with E-state index in [4.69, 9.17) is 9.84 Å². The third-order valence-electron chi connectivity index (χ3n) is 3.96. The average Bonchev–Trinajstić information content (AvgIpc) is 2.43. The first-order valence-corrected chi connectivity index (χ1v) is 7.12. The van der Waals surface area contributed by atoms with Gasteiger partial charge in [-0.1, -0.05) is 32.6 Å². The van der Waals surface area contributed by atoms with Crippen molar-refractivity contribution < 1.29 is 19.4 Å². The van der Waals surface area contributed by atoms with Gasteiger partial charge in [-0.15, -0.1) is 0 Å². The molecule has 0 heterocycles. The van der Waals surface area contributed by atoms with E-state index in [9.17, 15) is 9.59 Å². The second-order valence-electron chi connectivity index (χ2n) is 5.29. The highest BCUT2D eigenvalue weighted by atomic mass is 16.5. The van der Waals surface area contributed by atoms with Crippen LogP contribution in [0.4, 0.5) is 0 Å². The van der Waals surface area contributed by atoms with Gasteiger partial charge >= 0.3 is 5.97 Å². The van der Waals surface area contributed by atoms with Crippen molar-refractivity contribution in [2.75, 3.05) is 13.7 Å². The fraction of sp³-hybridized carbons (Fsp3) is 0.857. The molecule has 0 aromatic heterocycles. The minimum absolute atomic E-state index is 0.156. The fourth-order valence-electron chi connectivity index (χ4n) is 2.69. The largest absolute Gasteiger partial charge is 0.481 e. The molecular weight excluding hydrogens is 246 g/mol. The molecule has 1 atom stereocenters. The molecule has 1 saturated carbocycles. The number of carboxylic acids is 1. The van der Waals surface area contributed by atoms with Crippen molar-refractivity contribution in [2.45, 2.75) is 57.5 Å². The van der Waals surface area contributed by atoms with Crippen molar-refractivity contribution in [3.05, 3.63) is 0 Å². The number of amides is 1. The molecule has 2 N–H and O–H groups in total. The summed E-state index contributed by atoms with van der Waals surface area (Å²) in [5.74, 6) is -1.51. The molecule has 5 heteroatoms. The number of rotatable bonds is 7. The van der Waals surface area contributed by atoms with Crippen molar-refractivity contribution in [2.24, 2.45) is 5.92 Å². The zero-order chi connectivity index (χ0) is 14.3. The van der Waals surface area contributed by atoms with Crippen molar-refractivity contribution in [3.8, 4) is 0 Å². The highest BCUT2D eigenvalue weighted by Gasteiger charge is 2.39. The quantitative estimate of drug-likeness (QED) is 0.742. The number of ether oxygens (including phenoxy) is 1. The smallest absolute Gasteiger partial charge is 0.308 e.